The zero-order valence-electron chi connectivity index (χ0n) is 25.2. The first kappa shape index (κ1) is 29.9. The highest BCUT2D eigenvalue weighted by Gasteiger charge is 2.26. The number of carbonyl (C=O) groups excluding carboxylic acids is 2. The predicted octanol–water partition coefficient (Wildman–Crippen LogP) is 3.08. The van der Waals surface area contributed by atoms with Gasteiger partial charge in [0.25, 0.3) is 5.91 Å². The Balaban J connectivity index is 1.11. The van der Waals surface area contributed by atoms with E-state index in [2.05, 4.69) is 32.3 Å². The molecule has 13 heteroatoms. The minimum atomic E-state index is -0.414. The molecule has 0 bridgehead atoms. The van der Waals surface area contributed by atoms with E-state index in [1.807, 2.05) is 31.3 Å². The summed E-state index contributed by atoms with van der Waals surface area (Å²) in [6, 6.07) is 10.5. The molecule has 0 unspecified atom stereocenters. The highest BCUT2D eigenvalue weighted by Crippen LogP contribution is 2.29. The molecule has 3 aromatic rings. The molecule has 2 aromatic heterocycles. The molecule has 0 radical (unpaired) electrons. The molecule has 3 amide bonds. The zero-order chi connectivity index (χ0) is 30.5. The molecule has 44 heavy (non-hydrogen) atoms. The molecule has 232 valence electrons. The summed E-state index contributed by atoms with van der Waals surface area (Å²) in [6.07, 6.45) is 3.25. The third kappa shape index (κ3) is 7.12. The first-order chi connectivity index (χ1) is 21.4. The van der Waals surface area contributed by atoms with Gasteiger partial charge in [-0.15, -0.1) is 0 Å². The number of anilines is 3. The van der Waals surface area contributed by atoms with Crippen LogP contribution >= 0.6 is 0 Å². The normalized spacial score (nSPS) is 19.9. The van der Waals surface area contributed by atoms with E-state index in [9.17, 15) is 9.59 Å². The van der Waals surface area contributed by atoms with Crippen LogP contribution in [0.25, 0.3) is 11.4 Å². The molecule has 3 fully saturated rings. The second-order valence-electron chi connectivity index (χ2n) is 11.5. The van der Waals surface area contributed by atoms with Crippen LogP contribution < -0.4 is 15.5 Å². The number of hydrogen-bond acceptors (Lipinski definition) is 10. The number of nitrogens with zero attached hydrogens (tertiary/aromatic N) is 7. The van der Waals surface area contributed by atoms with Crippen LogP contribution in [0.3, 0.4) is 0 Å². The van der Waals surface area contributed by atoms with Gasteiger partial charge in [0.05, 0.1) is 31.1 Å². The van der Waals surface area contributed by atoms with Crippen LogP contribution in [0.15, 0.2) is 42.6 Å². The number of rotatable bonds is 6. The number of piperazine rings is 1. The van der Waals surface area contributed by atoms with Gasteiger partial charge < -0.3 is 34.8 Å². The number of ether oxygens (including phenoxy) is 2. The molecule has 3 aliphatic rings. The third-order valence-electron chi connectivity index (χ3n) is 8.28. The quantitative estimate of drug-likeness (QED) is 0.434. The smallest absolute Gasteiger partial charge is 0.323 e. The number of benzene rings is 1. The Morgan fingerprint density at radius 3 is 2.27 bits per heavy atom. The first-order valence-corrected chi connectivity index (χ1v) is 15.2. The molecule has 6 rings (SSSR count). The molecule has 1 aromatic carbocycles. The maximum atomic E-state index is 12.7. The van der Waals surface area contributed by atoms with Gasteiger partial charge in [-0.2, -0.15) is 9.97 Å². The molecular formula is C31H39N9O4. The summed E-state index contributed by atoms with van der Waals surface area (Å²) in [5.74, 6) is 2.18. The van der Waals surface area contributed by atoms with Crippen LogP contribution in [0, 0.1) is 0 Å². The minimum absolute atomic E-state index is 0.0983. The Bertz CT molecular complexity index is 1440. The number of amides is 3. The van der Waals surface area contributed by atoms with Crippen molar-refractivity contribution in [2.45, 2.75) is 31.7 Å². The van der Waals surface area contributed by atoms with Gasteiger partial charge in [0.15, 0.2) is 5.82 Å². The fourth-order valence-corrected chi connectivity index (χ4v) is 5.56. The first-order valence-electron chi connectivity index (χ1n) is 15.2. The van der Waals surface area contributed by atoms with Gasteiger partial charge in [-0.25, -0.2) is 14.8 Å². The number of likely N-dealkylation sites (N-methyl/N-ethyl adjacent to an activating group) is 1. The second-order valence-corrected chi connectivity index (χ2v) is 11.5. The van der Waals surface area contributed by atoms with Crippen molar-refractivity contribution < 1.29 is 19.1 Å². The van der Waals surface area contributed by atoms with Gasteiger partial charge >= 0.3 is 6.03 Å². The van der Waals surface area contributed by atoms with E-state index in [1.165, 1.54) is 6.20 Å². The Morgan fingerprint density at radius 1 is 0.841 bits per heavy atom. The lowest BCUT2D eigenvalue weighted by molar-refractivity contribution is 0.0658. The molecule has 3 saturated heterocycles. The predicted molar refractivity (Wildman–Crippen MR) is 166 cm³/mol. The number of aromatic nitrogens is 4. The van der Waals surface area contributed by atoms with Crippen molar-refractivity contribution in [3.63, 3.8) is 0 Å². The molecule has 5 heterocycles. The maximum absolute atomic E-state index is 12.7. The zero-order valence-corrected chi connectivity index (χ0v) is 25.2. The number of urea groups is 1. The molecule has 2 N–H and O–H groups in total. The highest BCUT2D eigenvalue weighted by molar-refractivity contribution is 6.00. The van der Waals surface area contributed by atoms with Crippen LogP contribution in [0.4, 0.5) is 22.1 Å². The summed E-state index contributed by atoms with van der Waals surface area (Å²) < 4.78 is 11.2. The number of carbonyl (C=O) groups is 2. The number of pyridine rings is 1. The maximum Gasteiger partial charge on any atom is 0.323 e. The fraction of sp³-hybridized carbons (Fsp3) is 0.484. The van der Waals surface area contributed by atoms with E-state index in [0.717, 1.165) is 43.9 Å². The van der Waals surface area contributed by atoms with Gasteiger partial charge in [0, 0.05) is 63.1 Å². The largest absolute Gasteiger partial charge is 0.381 e. The average Bonchev–Trinajstić information content (AvgIpc) is 3.06. The molecule has 3 aliphatic heterocycles. The van der Waals surface area contributed by atoms with E-state index >= 15 is 0 Å². The van der Waals surface area contributed by atoms with E-state index in [4.69, 9.17) is 24.4 Å². The minimum Gasteiger partial charge on any atom is -0.381 e. The van der Waals surface area contributed by atoms with Crippen LogP contribution in [0.5, 0.6) is 0 Å². The van der Waals surface area contributed by atoms with Crippen LogP contribution in [0.2, 0.25) is 0 Å². The van der Waals surface area contributed by atoms with E-state index in [1.54, 1.807) is 17.0 Å². The summed E-state index contributed by atoms with van der Waals surface area (Å²) in [7, 11) is 2.04. The van der Waals surface area contributed by atoms with Crippen molar-refractivity contribution >= 4 is 29.3 Å². The van der Waals surface area contributed by atoms with Crippen molar-refractivity contribution in [2.75, 3.05) is 81.7 Å². The highest BCUT2D eigenvalue weighted by atomic mass is 16.5. The molecule has 13 nitrogen and oxygen atoms in total. The summed E-state index contributed by atoms with van der Waals surface area (Å²) in [5.41, 5.74) is 2.30. The van der Waals surface area contributed by atoms with Gasteiger partial charge in [-0.3, -0.25) is 4.79 Å². The molecule has 1 atom stereocenters. The second kappa shape index (κ2) is 13.6. The number of hydrogen-bond donors (Lipinski definition) is 2. The van der Waals surface area contributed by atoms with Crippen molar-refractivity contribution in [2.24, 2.45) is 0 Å². The van der Waals surface area contributed by atoms with Gasteiger partial charge in [0.2, 0.25) is 5.95 Å². The summed E-state index contributed by atoms with van der Waals surface area (Å²) in [5, 5.41) is 5.62. The molecular weight excluding hydrogens is 562 g/mol. The summed E-state index contributed by atoms with van der Waals surface area (Å²) in [4.78, 5) is 50.5. The van der Waals surface area contributed by atoms with E-state index < -0.39 is 6.03 Å². The van der Waals surface area contributed by atoms with E-state index in [-0.39, 0.29) is 17.9 Å². The lowest BCUT2D eigenvalue weighted by Crippen LogP contribution is -2.47. The average molecular weight is 602 g/mol. The topological polar surface area (TPSA) is 138 Å². The van der Waals surface area contributed by atoms with Gasteiger partial charge in [-0.05, 0) is 63.2 Å². The van der Waals surface area contributed by atoms with Crippen LogP contribution in [-0.2, 0) is 9.47 Å². The van der Waals surface area contributed by atoms with Crippen LogP contribution in [0.1, 0.15) is 42.0 Å². The Kier molecular flexibility index (Phi) is 9.24. The molecule has 0 spiro atoms. The lowest BCUT2D eigenvalue weighted by Gasteiger charge is -2.34. The molecule has 0 saturated carbocycles. The third-order valence-corrected chi connectivity index (χ3v) is 8.28. The van der Waals surface area contributed by atoms with Crippen molar-refractivity contribution in [3.8, 4) is 11.4 Å². The lowest BCUT2D eigenvalue weighted by atomic mass is 9.99. The van der Waals surface area contributed by atoms with E-state index in [0.29, 0.717) is 68.4 Å². The fourth-order valence-electron chi connectivity index (χ4n) is 5.56. The van der Waals surface area contributed by atoms with Crippen molar-refractivity contribution in [3.05, 3.63) is 54.1 Å². The van der Waals surface area contributed by atoms with Gasteiger partial charge in [-0.1, -0.05) is 0 Å². The number of nitrogens with one attached hydrogen (secondary N) is 2. The van der Waals surface area contributed by atoms with Crippen molar-refractivity contribution in [1.29, 1.82) is 0 Å². The Morgan fingerprint density at radius 2 is 1.57 bits per heavy atom. The van der Waals surface area contributed by atoms with Crippen LogP contribution in [-0.4, -0.2) is 114 Å². The van der Waals surface area contributed by atoms with Gasteiger partial charge in [0.1, 0.15) is 11.5 Å². The Labute approximate surface area is 257 Å². The Hall–Kier alpha value is -4.20. The summed E-state index contributed by atoms with van der Waals surface area (Å²) in [6.45, 7) is 8.54. The molecule has 0 aliphatic carbocycles. The van der Waals surface area contributed by atoms with Crippen molar-refractivity contribution in [1.82, 2.24) is 29.7 Å². The standard InChI is InChI=1S/C31H39N9O4/c1-21-20-44-18-15-40(21)30-36-27(35-28(37-30)23-9-16-43-17-10-23)22-3-5-24(6-4-22)33-31(42)34-25-7-8-26(32-19-25)29(41)39-13-11-38(2)12-14-39/h3-8,19,21,23H,9-18,20H2,1-2H3,(H2,33,34,42)/t21-/m1/s1. The SMILES string of the molecule is C[C@@H]1COCCN1c1nc(-c2ccc(NC(=O)Nc3ccc(C(=O)N4CCN(C)CC4)nc3)cc2)nc(C2CCOCC2)n1. The number of morpholine rings is 1. The monoisotopic (exact) mass is 601 g/mol. The summed E-state index contributed by atoms with van der Waals surface area (Å²) >= 11 is 0.